The number of carbonyl (C=O) groups is 1. The van der Waals surface area contributed by atoms with Crippen molar-refractivity contribution in [2.75, 3.05) is 12.4 Å². The van der Waals surface area contributed by atoms with E-state index in [0.29, 0.717) is 23.0 Å². The van der Waals surface area contributed by atoms with Gasteiger partial charge in [-0.3, -0.25) is 4.98 Å². The van der Waals surface area contributed by atoms with Crippen molar-refractivity contribution in [2.24, 2.45) is 0 Å². The Morgan fingerprint density at radius 1 is 1.28 bits per heavy atom. The van der Waals surface area contributed by atoms with Crippen LogP contribution in [0.5, 0.6) is 5.75 Å². The number of hydrogen-bond acceptors (Lipinski definition) is 4. The maximum Gasteiger partial charge on any atom is 0.319 e. The third-order valence-electron chi connectivity index (χ3n) is 3.50. The summed E-state index contributed by atoms with van der Waals surface area (Å²) >= 11 is 5.95. The van der Waals surface area contributed by atoms with Gasteiger partial charge in [-0.15, -0.1) is 0 Å². The smallest absolute Gasteiger partial charge is 0.319 e. The van der Waals surface area contributed by atoms with Crippen molar-refractivity contribution in [3.8, 4) is 17.0 Å². The van der Waals surface area contributed by atoms with Gasteiger partial charge in [0.05, 0.1) is 31.0 Å². The van der Waals surface area contributed by atoms with E-state index >= 15 is 0 Å². The molecule has 1 aromatic carbocycles. The average molecular weight is 358 g/mol. The van der Waals surface area contributed by atoms with Gasteiger partial charge >= 0.3 is 6.03 Å². The standard InChI is InChI=1S/C18H16ClN3O3/c1-24-17-5-3-14(19)8-16(17)22-18(23)21-10-12-2-4-15(20-9-12)13-6-7-25-11-13/h2-9,11H,10H2,1H3,(H2,21,22,23). The number of furan rings is 1. The van der Waals surface area contributed by atoms with Crippen LogP contribution < -0.4 is 15.4 Å². The zero-order valence-corrected chi connectivity index (χ0v) is 14.2. The van der Waals surface area contributed by atoms with Crippen LogP contribution in [0.1, 0.15) is 5.56 Å². The fourth-order valence-corrected chi connectivity index (χ4v) is 2.41. The Hall–Kier alpha value is -2.99. The third-order valence-corrected chi connectivity index (χ3v) is 3.74. The lowest BCUT2D eigenvalue weighted by Crippen LogP contribution is -2.28. The predicted octanol–water partition coefficient (Wildman–Crippen LogP) is 4.33. The molecule has 0 radical (unpaired) electrons. The first-order valence-electron chi connectivity index (χ1n) is 7.51. The van der Waals surface area contributed by atoms with E-state index in [2.05, 4.69) is 15.6 Å². The Morgan fingerprint density at radius 2 is 2.16 bits per heavy atom. The first kappa shape index (κ1) is 16.9. The van der Waals surface area contributed by atoms with E-state index in [1.165, 1.54) is 7.11 Å². The summed E-state index contributed by atoms with van der Waals surface area (Å²) in [6, 6.07) is 10.3. The van der Waals surface area contributed by atoms with Crippen LogP contribution in [0, 0.1) is 0 Å². The molecule has 3 aromatic rings. The summed E-state index contributed by atoms with van der Waals surface area (Å²) in [5.41, 5.74) is 3.09. The van der Waals surface area contributed by atoms with Crippen LogP contribution in [0.3, 0.4) is 0 Å². The number of nitrogens with one attached hydrogen (secondary N) is 2. The molecule has 25 heavy (non-hydrogen) atoms. The molecule has 0 fully saturated rings. The topological polar surface area (TPSA) is 76.4 Å². The van der Waals surface area contributed by atoms with E-state index in [1.807, 2.05) is 18.2 Å². The van der Waals surface area contributed by atoms with Crippen LogP contribution in [-0.2, 0) is 6.54 Å². The quantitative estimate of drug-likeness (QED) is 0.712. The summed E-state index contributed by atoms with van der Waals surface area (Å²) in [6.45, 7) is 0.341. The van der Waals surface area contributed by atoms with Gasteiger partial charge in [0.2, 0.25) is 0 Å². The minimum absolute atomic E-state index is 0.341. The molecule has 6 nitrogen and oxygen atoms in total. The number of aromatic nitrogens is 1. The lowest BCUT2D eigenvalue weighted by Gasteiger charge is -2.11. The van der Waals surface area contributed by atoms with E-state index in [-0.39, 0.29) is 6.03 Å². The van der Waals surface area contributed by atoms with Crippen LogP contribution >= 0.6 is 11.6 Å². The molecule has 0 unspecified atom stereocenters. The molecule has 0 aliphatic heterocycles. The molecule has 0 aliphatic rings. The van der Waals surface area contributed by atoms with Crippen molar-refractivity contribution in [2.45, 2.75) is 6.54 Å². The normalized spacial score (nSPS) is 10.3. The van der Waals surface area contributed by atoms with Crippen LogP contribution in [0.15, 0.2) is 59.5 Å². The van der Waals surface area contributed by atoms with E-state index in [1.54, 1.807) is 36.9 Å². The number of ether oxygens (including phenoxy) is 1. The maximum absolute atomic E-state index is 12.1. The van der Waals surface area contributed by atoms with E-state index in [9.17, 15) is 4.79 Å². The zero-order chi connectivity index (χ0) is 17.6. The number of amides is 2. The lowest BCUT2D eigenvalue weighted by molar-refractivity contribution is 0.251. The van der Waals surface area contributed by atoms with E-state index in [0.717, 1.165) is 16.8 Å². The summed E-state index contributed by atoms with van der Waals surface area (Å²) in [6.07, 6.45) is 4.94. The molecule has 0 saturated carbocycles. The molecule has 128 valence electrons. The maximum atomic E-state index is 12.1. The highest BCUT2D eigenvalue weighted by molar-refractivity contribution is 6.31. The fourth-order valence-electron chi connectivity index (χ4n) is 2.24. The van der Waals surface area contributed by atoms with Crippen molar-refractivity contribution in [1.82, 2.24) is 10.3 Å². The summed E-state index contributed by atoms with van der Waals surface area (Å²) in [5.74, 6) is 0.533. The Morgan fingerprint density at radius 3 is 2.84 bits per heavy atom. The molecule has 0 bridgehead atoms. The molecular weight excluding hydrogens is 342 g/mol. The van der Waals surface area contributed by atoms with Crippen LogP contribution in [0.25, 0.3) is 11.3 Å². The number of hydrogen-bond donors (Lipinski definition) is 2. The van der Waals surface area contributed by atoms with Crippen LogP contribution in [-0.4, -0.2) is 18.1 Å². The summed E-state index contributed by atoms with van der Waals surface area (Å²) in [5, 5.41) is 5.99. The second-order valence-electron chi connectivity index (χ2n) is 5.22. The molecule has 2 aromatic heterocycles. The largest absolute Gasteiger partial charge is 0.495 e. The van der Waals surface area contributed by atoms with Gasteiger partial charge in [0, 0.05) is 23.3 Å². The minimum atomic E-state index is -0.362. The number of methoxy groups -OCH3 is 1. The number of pyridine rings is 1. The number of nitrogens with zero attached hydrogens (tertiary/aromatic N) is 1. The number of carbonyl (C=O) groups excluding carboxylic acids is 1. The Bertz CT molecular complexity index is 849. The third kappa shape index (κ3) is 4.30. The molecule has 3 rings (SSSR count). The number of halogens is 1. The second-order valence-corrected chi connectivity index (χ2v) is 5.65. The highest BCUT2D eigenvalue weighted by Crippen LogP contribution is 2.27. The highest BCUT2D eigenvalue weighted by Gasteiger charge is 2.08. The molecule has 0 atom stereocenters. The number of urea groups is 1. The van der Waals surface area contributed by atoms with Crippen LogP contribution in [0.4, 0.5) is 10.5 Å². The average Bonchev–Trinajstić information content (AvgIpc) is 3.15. The van der Waals surface area contributed by atoms with Crippen molar-refractivity contribution in [3.63, 3.8) is 0 Å². The number of benzene rings is 1. The molecule has 2 amide bonds. The zero-order valence-electron chi connectivity index (χ0n) is 13.5. The first-order chi connectivity index (χ1) is 12.2. The van der Waals surface area contributed by atoms with Crippen molar-refractivity contribution >= 4 is 23.3 Å². The summed E-state index contributed by atoms with van der Waals surface area (Å²) in [4.78, 5) is 16.4. The Labute approximate surface area is 149 Å². The molecule has 0 aliphatic carbocycles. The molecule has 2 heterocycles. The monoisotopic (exact) mass is 357 g/mol. The first-order valence-corrected chi connectivity index (χ1v) is 7.89. The van der Waals surface area contributed by atoms with Gasteiger partial charge in [0.1, 0.15) is 5.75 Å². The van der Waals surface area contributed by atoms with Crippen molar-refractivity contribution in [1.29, 1.82) is 0 Å². The van der Waals surface area contributed by atoms with Gasteiger partial charge in [-0.25, -0.2) is 4.79 Å². The summed E-state index contributed by atoms with van der Waals surface area (Å²) < 4.78 is 10.2. The molecule has 2 N–H and O–H groups in total. The molecule has 0 saturated heterocycles. The van der Waals surface area contributed by atoms with Gasteiger partial charge in [0.15, 0.2) is 0 Å². The minimum Gasteiger partial charge on any atom is -0.495 e. The highest BCUT2D eigenvalue weighted by atomic mass is 35.5. The Kier molecular flexibility index (Phi) is 5.20. The number of anilines is 1. The van der Waals surface area contributed by atoms with Crippen molar-refractivity contribution < 1.29 is 13.9 Å². The SMILES string of the molecule is COc1ccc(Cl)cc1NC(=O)NCc1ccc(-c2ccoc2)nc1. The van der Waals surface area contributed by atoms with Gasteiger partial charge in [0.25, 0.3) is 0 Å². The van der Waals surface area contributed by atoms with Crippen LogP contribution in [0.2, 0.25) is 5.02 Å². The fraction of sp³-hybridized carbons (Fsp3) is 0.111. The van der Waals surface area contributed by atoms with E-state index in [4.69, 9.17) is 20.8 Å². The number of rotatable bonds is 5. The lowest BCUT2D eigenvalue weighted by atomic mass is 10.2. The second kappa shape index (κ2) is 7.72. The predicted molar refractivity (Wildman–Crippen MR) is 95.8 cm³/mol. The molecular formula is C18H16ClN3O3. The van der Waals surface area contributed by atoms with E-state index < -0.39 is 0 Å². The van der Waals surface area contributed by atoms with Gasteiger partial charge in [-0.1, -0.05) is 17.7 Å². The summed E-state index contributed by atoms with van der Waals surface area (Å²) in [7, 11) is 1.53. The van der Waals surface area contributed by atoms with Crippen molar-refractivity contribution in [3.05, 3.63) is 65.7 Å². The van der Waals surface area contributed by atoms with Gasteiger partial charge < -0.3 is 19.8 Å². The molecule has 7 heteroatoms. The van der Waals surface area contributed by atoms with Gasteiger partial charge in [-0.05, 0) is 35.9 Å². The molecule has 0 spiro atoms. The van der Waals surface area contributed by atoms with Gasteiger partial charge in [-0.2, -0.15) is 0 Å². The Balaban J connectivity index is 1.58.